The van der Waals surface area contributed by atoms with Crippen LogP contribution in [-0.4, -0.2) is 93.6 Å². The first-order valence-electron chi connectivity index (χ1n) is 12.7. The Bertz CT molecular complexity index is 1390. The summed E-state index contributed by atoms with van der Waals surface area (Å²) in [7, 11) is 1.50. The van der Waals surface area contributed by atoms with E-state index in [0.29, 0.717) is 42.0 Å². The molecule has 39 heavy (non-hydrogen) atoms. The summed E-state index contributed by atoms with van der Waals surface area (Å²) >= 11 is 0. The molecule has 0 radical (unpaired) electrons. The van der Waals surface area contributed by atoms with Gasteiger partial charge in [-0.3, -0.25) is 9.69 Å². The molecular formula is C26H30F3N7O3. The van der Waals surface area contributed by atoms with Crippen molar-refractivity contribution in [2.45, 2.75) is 32.1 Å². The Balaban J connectivity index is 1.49. The van der Waals surface area contributed by atoms with Crippen LogP contribution in [0.4, 0.5) is 13.2 Å². The molecule has 0 aliphatic carbocycles. The summed E-state index contributed by atoms with van der Waals surface area (Å²) in [6.07, 6.45) is -1.78. The van der Waals surface area contributed by atoms with Crippen molar-refractivity contribution >= 4 is 17.8 Å². The van der Waals surface area contributed by atoms with Gasteiger partial charge in [-0.25, -0.2) is 9.50 Å². The maximum absolute atomic E-state index is 14.3. The van der Waals surface area contributed by atoms with Gasteiger partial charge in [-0.05, 0) is 38.1 Å². The molecule has 2 aromatic heterocycles. The predicted octanol–water partition coefficient (Wildman–Crippen LogP) is 2.44. The number of hydrogen-bond acceptors (Lipinski definition) is 8. The van der Waals surface area contributed by atoms with E-state index >= 15 is 0 Å². The Labute approximate surface area is 223 Å². The lowest BCUT2D eigenvalue weighted by molar-refractivity contribution is -0.143. The molecule has 2 aliphatic rings. The topological polar surface area (TPSA) is 108 Å². The average molecular weight is 546 g/mol. The number of halogens is 3. The lowest BCUT2D eigenvalue weighted by Crippen LogP contribution is -2.59. The molecule has 1 fully saturated rings. The Kier molecular flexibility index (Phi) is 7.21. The lowest BCUT2D eigenvalue weighted by atomic mass is 9.98. The van der Waals surface area contributed by atoms with Crippen LogP contribution in [0.3, 0.4) is 0 Å². The maximum Gasteiger partial charge on any atom is 0.433 e. The first kappa shape index (κ1) is 26.9. The Hall–Kier alpha value is -3.71. The van der Waals surface area contributed by atoms with Gasteiger partial charge in [0.05, 0.1) is 25.6 Å². The molecule has 2 N–H and O–H groups in total. The van der Waals surface area contributed by atoms with Crippen LogP contribution < -0.4 is 10.2 Å². The number of ether oxygens (including phenoxy) is 1. The number of amides is 1. The lowest BCUT2D eigenvalue weighted by Gasteiger charge is -2.43. The van der Waals surface area contributed by atoms with Gasteiger partial charge in [0.1, 0.15) is 11.3 Å². The molecular weight excluding hydrogens is 515 g/mol. The number of piperazine rings is 1. The molecule has 208 valence electrons. The molecule has 1 aromatic carbocycles. The van der Waals surface area contributed by atoms with E-state index in [2.05, 4.69) is 25.5 Å². The molecule has 0 saturated carbocycles. The Morgan fingerprint density at radius 3 is 2.59 bits per heavy atom. The number of rotatable bonds is 6. The van der Waals surface area contributed by atoms with Crippen molar-refractivity contribution in [1.82, 2.24) is 29.8 Å². The zero-order valence-electron chi connectivity index (χ0n) is 21.8. The maximum atomic E-state index is 14.3. The highest BCUT2D eigenvalue weighted by Gasteiger charge is 2.40. The van der Waals surface area contributed by atoms with E-state index < -0.39 is 17.8 Å². The number of fused-ring (bicyclic) bond motifs is 1. The molecule has 3 aromatic rings. The highest BCUT2D eigenvalue weighted by atomic mass is 19.4. The molecule has 0 bridgehead atoms. The third kappa shape index (κ3) is 4.91. The van der Waals surface area contributed by atoms with Gasteiger partial charge in [0.25, 0.3) is 5.91 Å². The number of aromatic nitrogens is 3. The minimum absolute atomic E-state index is 0.00129. The molecule has 10 nitrogen and oxygen atoms in total. The molecule has 1 saturated heterocycles. The van der Waals surface area contributed by atoms with Crippen LogP contribution in [0.1, 0.15) is 28.5 Å². The molecule has 13 heteroatoms. The number of hydrazone groups is 1. The standard InChI is InChI=1S/C26H30F3N7O3/c1-15-13-34(21(14-37)18-10-30-31-11-18)8-9-35(15)25(38)20-12-32-36-23(26(27,28)29)16(2)22(33-24(20)36)17-4-6-19(39-3)7-5-17/h4-7,10,12,15,18,21,31,37H,8-9,11,13-14H2,1-3H3/t15-,18?,21?/m1/s1. The van der Waals surface area contributed by atoms with Crippen molar-refractivity contribution in [3.63, 3.8) is 0 Å². The number of nitrogens with zero attached hydrogens (tertiary/aromatic N) is 6. The molecule has 4 heterocycles. The number of alkyl halides is 3. The quantitative estimate of drug-likeness (QED) is 0.490. The van der Waals surface area contributed by atoms with Crippen molar-refractivity contribution in [2.24, 2.45) is 11.0 Å². The third-order valence-corrected chi connectivity index (χ3v) is 7.50. The second-order valence-corrected chi connectivity index (χ2v) is 9.85. The van der Waals surface area contributed by atoms with Gasteiger partial charge in [-0.2, -0.15) is 23.4 Å². The van der Waals surface area contributed by atoms with E-state index in [0.717, 1.165) is 6.20 Å². The van der Waals surface area contributed by atoms with Gasteiger partial charge in [-0.1, -0.05) is 0 Å². The number of methoxy groups -OCH3 is 1. The number of carbonyl (C=O) groups is 1. The Morgan fingerprint density at radius 2 is 2.00 bits per heavy atom. The van der Waals surface area contributed by atoms with Crippen LogP contribution in [0, 0.1) is 12.8 Å². The second kappa shape index (κ2) is 10.5. The van der Waals surface area contributed by atoms with E-state index in [1.807, 2.05) is 6.92 Å². The molecule has 2 unspecified atom stereocenters. The van der Waals surface area contributed by atoms with Crippen molar-refractivity contribution in [2.75, 3.05) is 39.9 Å². The van der Waals surface area contributed by atoms with E-state index in [1.165, 1.54) is 14.0 Å². The monoisotopic (exact) mass is 545 g/mol. The molecule has 0 spiro atoms. The van der Waals surface area contributed by atoms with E-state index in [1.54, 1.807) is 35.4 Å². The Morgan fingerprint density at radius 1 is 1.26 bits per heavy atom. The largest absolute Gasteiger partial charge is 0.497 e. The highest BCUT2D eigenvalue weighted by Crippen LogP contribution is 2.37. The number of aliphatic hydroxyl groups is 1. The summed E-state index contributed by atoms with van der Waals surface area (Å²) < 4.78 is 48.6. The van der Waals surface area contributed by atoms with Gasteiger partial charge in [0.15, 0.2) is 11.3 Å². The zero-order valence-corrected chi connectivity index (χ0v) is 21.8. The van der Waals surface area contributed by atoms with Crippen LogP contribution in [0.2, 0.25) is 0 Å². The minimum Gasteiger partial charge on any atom is -0.497 e. The summed E-state index contributed by atoms with van der Waals surface area (Å²) in [4.78, 5) is 22.0. The zero-order chi connectivity index (χ0) is 27.9. The smallest absolute Gasteiger partial charge is 0.433 e. The first-order chi connectivity index (χ1) is 18.6. The SMILES string of the molecule is COc1ccc(-c2nc3c(C(=O)N4CCN(C(CO)C5C=NNC5)C[C@H]4C)cnn3c(C(F)(F)F)c2C)cc1. The van der Waals surface area contributed by atoms with Gasteiger partial charge in [0, 0.05) is 61.5 Å². The van der Waals surface area contributed by atoms with Crippen LogP contribution in [-0.2, 0) is 6.18 Å². The summed E-state index contributed by atoms with van der Waals surface area (Å²) in [5, 5.41) is 18.0. The van der Waals surface area contributed by atoms with Crippen molar-refractivity contribution in [3.8, 4) is 17.0 Å². The summed E-state index contributed by atoms with van der Waals surface area (Å²) in [6.45, 7) is 5.15. The fourth-order valence-electron chi connectivity index (χ4n) is 5.45. The fourth-order valence-corrected chi connectivity index (χ4v) is 5.45. The highest BCUT2D eigenvalue weighted by molar-refractivity contribution is 6.00. The number of carbonyl (C=O) groups excluding carboxylic acids is 1. The average Bonchev–Trinajstić information content (AvgIpc) is 3.58. The summed E-state index contributed by atoms with van der Waals surface area (Å²) in [6, 6.07) is 6.15. The van der Waals surface area contributed by atoms with Crippen LogP contribution in [0.5, 0.6) is 5.75 Å². The third-order valence-electron chi connectivity index (χ3n) is 7.50. The van der Waals surface area contributed by atoms with Crippen molar-refractivity contribution in [3.05, 3.63) is 47.3 Å². The molecule has 2 aliphatic heterocycles. The number of benzene rings is 1. The second-order valence-electron chi connectivity index (χ2n) is 9.85. The summed E-state index contributed by atoms with van der Waals surface area (Å²) in [5.41, 5.74) is 2.26. The number of hydrogen-bond donors (Lipinski definition) is 2. The first-order valence-corrected chi connectivity index (χ1v) is 12.7. The van der Waals surface area contributed by atoms with Crippen molar-refractivity contribution in [1.29, 1.82) is 0 Å². The van der Waals surface area contributed by atoms with E-state index in [-0.39, 0.29) is 47.1 Å². The number of nitrogens with one attached hydrogen (secondary N) is 1. The van der Waals surface area contributed by atoms with E-state index in [4.69, 9.17) is 4.74 Å². The van der Waals surface area contributed by atoms with Gasteiger partial charge >= 0.3 is 6.18 Å². The normalized spacial score (nSPS) is 20.8. The number of aliphatic hydroxyl groups excluding tert-OH is 1. The van der Waals surface area contributed by atoms with E-state index in [9.17, 15) is 23.1 Å². The van der Waals surface area contributed by atoms with Gasteiger partial charge in [0.2, 0.25) is 0 Å². The van der Waals surface area contributed by atoms with Crippen molar-refractivity contribution < 1.29 is 27.8 Å². The predicted molar refractivity (Wildman–Crippen MR) is 138 cm³/mol. The van der Waals surface area contributed by atoms with Gasteiger partial charge < -0.3 is 20.2 Å². The fraction of sp³-hybridized carbons (Fsp3) is 0.462. The summed E-state index contributed by atoms with van der Waals surface area (Å²) in [5.74, 6) is 0.169. The van der Waals surface area contributed by atoms with Crippen LogP contribution in [0.15, 0.2) is 35.6 Å². The van der Waals surface area contributed by atoms with Gasteiger partial charge in [-0.15, -0.1) is 0 Å². The molecule has 5 rings (SSSR count). The van der Waals surface area contributed by atoms with Crippen LogP contribution in [0.25, 0.3) is 16.9 Å². The van der Waals surface area contributed by atoms with Crippen LogP contribution >= 0.6 is 0 Å². The molecule has 3 atom stereocenters. The molecule has 1 amide bonds. The minimum atomic E-state index is -4.73.